The van der Waals surface area contributed by atoms with E-state index in [-0.39, 0.29) is 18.3 Å². The summed E-state index contributed by atoms with van der Waals surface area (Å²) in [7, 11) is -3.07. The molecule has 15 heavy (non-hydrogen) atoms. The molecule has 1 unspecified atom stereocenters. The van der Waals surface area contributed by atoms with Crippen LogP contribution in [-0.2, 0) is 10.0 Å². The zero-order chi connectivity index (χ0) is 11.3. The molecule has 1 atom stereocenters. The van der Waals surface area contributed by atoms with Crippen LogP contribution in [0.3, 0.4) is 0 Å². The van der Waals surface area contributed by atoms with Crippen LogP contribution in [0, 0.1) is 11.8 Å². The Balaban J connectivity index is 2.26. The average Bonchev–Trinajstić information content (AvgIpc) is 2.95. The van der Waals surface area contributed by atoms with Gasteiger partial charge in [0.25, 0.3) is 0 Å². The van der Waals surface area contributed by atoms with E-state index in [0.717, 1.165) is 19.3 Å². The van der Waals surface area contributed by atoms with Crippen LogP contribution in [0.2, 0.25) is 0 Å². The zero-order valence-electron chi connectivity index (χ0n) is 9.28. The van der Waals surface area contributed by atoms with Crippen LogP contribution in [0.25, 0.3) is 0 Å². The molecule has 1 rings (SSSR count). The first-order chi connectivity index (χ1) is 7.07. The summed E-state index contributed by atoms with van der Waals surface area (Å²) in [5.74, 6) is 0.923. The lowest BCUT2D eigenvalue weighted by Crippen LogP contribution is -2.32. The summed E-state index contributed by atoms with van der Waals surface area (Å²) in [5, 5.41) is 8.78. The van der Waals surface area contributed by atoms with Gasteiger partial charge >= 0.3 is 0 Å². The predicted octanol–water partition coefficient (Wildman–Crippen LogP) is 0.724. The molecule has 0 heterocycles. The maximum atomic E-state index is 11.5. The summed E-state index contributed by atoms with van der Waals surface area (Å²) in [5.41, 5.74) is 0. The summed E-state index contributed by atoms with van der Waals surface area (Å²) in [6, 6.07) is 0. The summed E-state index contributed by atoms with van der Waals surface area (Å²) >= 11 is 0. The third-order valence-electron chi connectivity index (χ3n) is 2.86. The van der Waals surface area contributed by atoms with Crippen LogP contribution in [0.1, 0.15) is 32.6 Å². The second kappa shape index (κ2) is 5.82. The van der Waals surface area contributed by atoms with E-state index >= 15 is 0 Å². The van der Waals surface area contributed by atoms with Gasteiger partial charge in [-0.05, 0) is 31.1 Å². The third-order valence-corrected chi connectivity index (χ3v) is 4.38. The molecule has 1 aliphatic rings. The quantitative estimate of drug-likeness (QED) is 0.651. The minimum absolute atomic E-state index is 0.128. The monoisotopic (exact) mass is 235 g/mol. The van der Waals surface area contributed by atoms with Gasteiger partial charge in [-0.3, -0.25) is 0 Å². The summed E-state index contributed by atoms with van der Waals surface area (Å²) in [4.78, 5) is 0. The Morgan fingerprint density at radius 3 is 2.60 bits per heavy atom. The fraction of sp³-hybridized carbons (Fsp3) is 1.00. The highest BCUT2D eigenvalue weighted by atomic mass is 32.2. The molecule has 0 aliphatic heterocycles. The highest BCUT2D eigenvalue weighted by molar-refractivity contribution is 7.89. The van der Waals surface area contributed by atoms with E-state index in [1.807, 2.05) is 6.92 Å². The maximum Gasteiger partial charge on any atom is 0.211 e. The standard InChI is InChI=1S/C10H21NO3S/c1-2-9(5-6-12)7-11-15(13,14)8-10-3-4-10/h9-12H,2-8H2,1H3. The van der Waals surface area contributed by atoms with Gasteiger partial charge in [-0.15, -0.1) is 0 Å². The van der Waals surface area contributed by atoms with E-state index in [9.17, 15) is 8.42 Å². The number of rotatable bonds is 8. The van der Waals surface area contributed by atoms with Crippen LogP contribution in [0.4, 0.5) is 0 Å². The molecule has 1 aliphatic carbocycles. The van der Waals surface area contributed by atoms with Gasteiger partial charge in [0.15, 0.2) is 0 Å². The van der Waals surface area contributed by atoms with Crippen molar-refractivity contribution in [2.45, 2.75) is 32.6 Å². The first kappa shape index (κ1) is 12.9. The normalized spacial score (nSPS) is 19.1. The molecule has 0 aromatic rings. The van der Waals surface area contributed by atoms with Crippen molar-refractivity contribution < 1.29 is 13.5 Å². The van der Waals surface area contributed by atoms with Crippen molar-refractivity contribution in [3.63, 3.8) is 0 Å². The second-order valence-corrected chi connectivity index (χ2v) is 6.21. The molecule has 2 N–H and O–H groups in total. The van der Waals surface area contributed by atoms with Crippen molar-refractivity contribution >= 4 is 10.0 Å². The van der Waals surface area contributed by atoms with E-state index in [4.69, 9.17) is 5.11 Å². The summed E-state index contributed by atoms with van der Waals surface area (Å²) in [6.45, 7) is 2.60. The Morgan fingerprint density at radius 1 is 1.47 bits per heavy atom. The van der Waals surface area contributed by atoms with Gasteiger partial charge in [0, 0.05) is 13.2 Å². The van der Waals surface area contributed by atoms with Gasteiger partial charge < -0.3 is 5.11 Å². The highest BCUT2D eigenvalue weighted by Gasteiger charge is 2.27. The van der Waals surface area contributed by atoms with Crippen molar-refractivity contribution in [1.29, 1.82) is 0 Å². The van der Waals surface area contributed by atoms with Gasteiger partial charge in [-0.25, -0.2) is 13.1 Å². The van der Waals surface area contributed by atoms with E-state index in [2.05, 4.69) is 4.72 Å². The van der Waals surface area contributed by atoms with Crippen LogP contribution in [0.5, 0.6) is 0 Å². The molecule has 1 fully saturated rings. The molecule has 4 nitrogen and oxygen atoms in total. The summed E-state index contributed by atoms with van der Waals surface area (Å²) < 4.78 is 25.7. The fourth-order valence-electron chi connectivity index (χ4n) is 1.53. The van der Waals surface area contributed by atoms with Gasteiger partial charge in [0.1, 0.15) is 0 Å². The average molecular weight is 235 g/mol. The number of sulfonamides is 1. The Kier molecular flexibility index (Phi) is 5.02. The van der Waals surface area contributed by atoms with E-state index in [1.165, 1.54) is 0 Å². The minimum Gasteiger partial charge on any atom is -0.396 e. The summed E-state index contributed by atoms with van der Waals surface area (Å²) in [6.07, 6.45) is 3.67. The lowest BCUT2D eigenvalue weighted by atomic mass is 10.0. The lowest BCUT2D eigenvalue weighted by molar-refractivity contribution is 0.254. The second-order valence-electron chi connectivity index (χ2n) is 4.36. The number of hydrogen-bond donors (Lipinski definition) is 2. The van der Waals surface area contributed by atoms with Crippen molar-refractivity contribution in [3.05, 3.63) is 0 Å². The lowest BCUT2D eigenvalue weighted by Gasteiger charge is -2.14. The smallest absolute Gasteiger partial charge is 0.211 e. The predicted molar refractivity (Wildman–Crippen MR) is 60.0 cm³/mol. The molecule has 0 bridgehead atoms. The van der Waals surface area contributed by atoms with Gasteiger partial charge in [0.05, 0.1) is 5.75 Å². The molecule has 5 heteroatoms. The van der Waals surface area contributed by atoms with Crippen molar-refractivity contribution in [1.82, 2.24) is 4.72 Å². The first-order valence-electron chi connectivity index (χ1n) is 5.65. The number of hydrogen-bond acceptors (Lipinski definition) is 3. The molecule has 0 amide bonds. The Morgan fingerprint density at radius 2 is 2.13 bits per heavy atom. The van der Waals surface area contributed by atoms with Crippen LogP contribution in [-0.4, -0.2) is 32.4 Å². The Hall–Kier alpha value is -0.130. The van der Waals surface area contributed by atoms with Crippen LogP contribution in [0.15, 0.2) is 0 Å². The fourth-order valence-corrected chi connectivity index (χ4v) is 3.09. The van der Waals surface area contributed by atoms with Gasteiger partial charge in [-0.2, -0.15) is 0 Å². The first-order valence-corrected chi connectivity index (χ1v) is 7.30. The third kappa shape index (κ3) is 5.49. The van der Waals surface area contributed by atoms with Crippen molar-refractivity contribution in [2.75, 3.05) is 18.9 Å². The molecule has 0 aromatic heterocycles. The molecule has 0 radical (unpaired) electrons. The zero-order valence-corrected chi connectivity index (χ0v) is 10.1. The highest BCUT2D eigenvalue weighted by Crippen LogP contribution is 2.29. The van der Waals surface area contributed by atoms with Crippen molar-refractivity contribution in [2.24, 2.45) is 11.8 Å². The molecule has 0 spiro atoms. The number of aliphatic hydroxyl groups is 1. The van der Waals surface area contributed by atoms with E-state index < -0.39 is 10.0 Å². The van der Waals surface area contributed by atoms with Gasteiger partial charge in [0.2, 0.25) is 10.0 Å². The van der Waals surface area contributed by atoms with Gasteiger partial charge in [-0.1, -0.05) is 13.3 Å². The largest absolute Gasteiger partial charge is 0.396 e. The number of nitrogens with one attached hydrogen (secondary N) is 1. The minimum atomic E-state index is -3.07. The van der Waals surface area contributed by atoms with Crippen molar-refractivity contribution in [3.8, 4) is 0 Å². The molecule has 1 saturated carbocycles. The molecule has 0 saturated heterocycles. The topological polar surface area (TPSA) is 66.4 Å². The van der Waals surface area contributed by atoms with Crippen LogP contribution >= 0.6 is 0 Å². The van der Waals surface area contributed by atoms with E-state index in [1.54, 1.807) is 0 Å². The Labute approximate surface area is 92.1 Å². The van der Waals surface area contributed by atoms with Crippen LogP contribution < -0.4 is 4.72 Å². The molecular weight excluding hydrogens is 214 g/mol. The van der Waals surface area contributed by atoms with E-state index in [0.29, 0.717) is 18.9 Å². The SMILES string of the molecule is CCC(CCO)CNS(=O)(=O)CC1CC1. The number of aliphatic hydroxyl groups excluding tert-OH is 1. The molecule has 0 aromatic carbocycles. The Bertz CT molecular complexity index is 272. The molecular formula is C10H21NO3S. The molecule has 90 valence electrons. The maximum absolute atomic E-state index is 11.5.